The van der Waals surface area contributed by atoms with E-state index in [1.54, 1.807) is 7.11 Å². The number of aromatic nitrogens is 1. The van der Waals surface area contributed by atoms with Gasteiger partial charge in [0, 0.05) is 43.9 Å². The first-order chi connectivity index (χ1) is 15.3. The van der Waals surface area contributed by atoms with Crippen LogP contribution < -0.4 is 4.74 Å². The third kappa shape index (κ3) is 5.16. The summed E-state index contributed by atoms with van der Waals surface area (Å²) in [7, 11) is 1.71. The maximum atomic E-state index is 9.89. The lowest BCUT2D eigenvalue weighted by Gasteiger charge is -2.32. The van der Waals surface area contributed by atoms with Crippen LogP contribution in [-0.2, 0) is 19.6 Å². The highest BCUT2D eigenvalue weighted by Crippen LogP contribution is 2.27. The van der Waals surface area contributed by atoms with E-state index in [2.05, 4.69) is 88.5 Å². The fraction of sp³-hybridized carbons (Fsp3) is 0.259. The zero-order valence-electron chi connectivity index (χ0n) is 18.0. The Morgan fingerprint density at radius 2 is 1.48 bits per heavy atom. The van der Waals surface area contributed by atoms with Gasteiger partial charge in [-0.25, -0.2) is 0 Å². The van der Waals surface area contributed by atoms with Gasteiger partial charge in [-0.15, -0.1) is 0 Å². The third-order valence-electron chi connectivity index (χ3n) is 5.84. The molecule has 0 aliphatic rings. The number of aliphatic hydroxyl groups excluding tert-OH is 1. The molecule has 4 rings (SSSR count). The predicted molar refractivity (Wildman–Crippen MR) is 126 cm³/mol. The molecule has 0 bridgehead atoms. The molecule has 160 valence electrons. The van der Waals surface area contributed by atoms with E-state index in [0.717, 1.165) is 36.3 Å². The highest BCUT2D eigenvalue weighted by atomic mass is 16.5. The van der Waals surface area contributed by atoms with Crippen molar-refractivity contribution >= 4 is 10.9 Å². The Balaban J connectivity index is 1.64. The average molecular weight is 415 g/mol. The molecule has 0 aliphatic carbocycles. The second-order valence-electron chi connectivity index (χ2n) is 7.90. The van der Waals surface area contributed by atoms with Gasteiger partial charge in [0.15, 0.2) is 0 Å². The van der Waals surface area contributed by atoms with Crippen LogP contribution in [-0.4, -0.2) is 34.3 Å². The topological polar surface area (TPSA) is 37.6 Å². The van der Waals surface area contributed by atoms with Crippen molar-refractivity contribution in [3.05, 3.63) is 102 Å². The molecular formula is C27H30N2O2. The number of fused-ring (bicyclic) bond motifs is 1. The van der Waals surface area contributed by atoms with E-state index in [0.29, 0.717) is 6.42 Å². The van der Waals surface area contributed by atoms with Gasteiger partial charge in [-0.3, -0.25) is 4.90 Å². The number of aliphatic hydroxyl groups is 1. The average Bonchev–Trinajstić information content (AvgIpc) is 3.23. The van der Waals surface area contributed by atoms with E-state index in [1.165, 1.54) is 11.1 Å². The lowest BCUT2D eigenvalue weighted by molar-refractivity contribution is 0.128. The first-order valence-corrected chi connectivity index (χ1v) is 10.8. The molecule has 0 saturated heterocycles. The highest BCUT2D eigenvalue weighted by molar-refractivity contribution is 5.86. The summed E-state index contributed by atoms with van der Waals surface area (Å²) in [6.07, 6.45) is 2.84. The highest BCUT2D eigenvalue weighted by Gasteiger charge is 2.20. The minimum atomic E-state index is 0.160. The number of hydrogen-bond acceptors (Lipinski definition) is 3. The van der Waals surface area contributed by atoms with Gasteiger partial charge in [-0.2, -0.15) is 0 Å². The van der Waals surface area contributed by atoms with Gasteiger partial charge in [0.1, 0.15) is 5.75 Å². The van der Waals surface area contributed by atoms with E-state index < -0.39 is 0 Å². The van der Waals surface area contributed by atoms with Crippen LogP contribution in [0.4, 0.5) is 0 Å². The molecule has 0 unspecified atom stereocenters. The normalized spacial score (nSPS) is 12.4. The molecule has 1 heterocycles. The van der Waals surface area contributed by atoms with E-state index in [9.17, 15) is 5.11 Å². The molecule has 4 nitrogen and oxygen atoms in total. The number of nitrogens with zero attached hydrogens (tertiary/aromatic N) is 2. The number of ether oxygens (including phenoxy) is 1. The summed E-state index contributed by atoms with van der Waals surface area (Å²) in [5, 5.41) is 11.0. The van der Waals surface area contributed by atoms with Crippen LogP contribution in [0.3, 0.4) is 0 Å². The van der Waals surface area contributed by atoms with Crippen molar-refractivity contribution < 1.29 is 9.84 Å². The fourth-order valence-corrected chi connectivity index (χ4v) is 4.25. The largest absolute Gasteiger partial charge is 0.496 e. The zero-order valence-corrected chi connectivity index (χ0v) is 18.0. The Kier molecular flexibility index (Phi) is 7.03. The first kappa shape index (κ1) is 21.2. The van der Waals surface area contributed by atoms with Gasteiger partial charge in [0.2, 0.25) is 0 Å². The van der Waals surface area contributed by atoms with Crippen LogP contribution in [0.25, 0.3) is 10.9 Å². The maximum absolute atomic E-state index is 9.89. The zero-order chi connectivity index (χ0) is 21.5. The monoisotopic (exact) mass is 414 g/mol. The van der Waals surface area contributed by atoms with Crippen molar-refractivity contribution in [2.24, 2.45) is 0 Å². The molecule has 0 aliphatic heterocycles. The lowest BCUT2D eigenvalue weighted by Crippen LogP contribution is -2.38. The van der Waals surface area contributed by atoms with Gasteiger partial charge in [0.05, 0.1) is 12.6 Å². The molecule has 0 spiro atoms. The van der Waals surface area contributed by atoms with Crippen molar-refractivity contribution in [1.82, 2.24) is 9.47 Å². The van der Waals surface area contributed by atoms with Gasteiger partial charge < -0.3 is 14.4 Å². The van der Waals surface area contributed by atoms with Crippen LogP contribution in [0, 0.1) is 0 Å². The van der Waals surface area contributed by atoms with Crippen LogP contribution in [0.1, 0.15) is 17.5 Å². The summed E-state index contributed by atoms with van der Waals surface area (Å²) in [4.78, 5) is 2.48. The number of benzene rings is 3. The standard InChI is InChI=1S/C27H30N2O2/c1-31-27-14-8-13-26-25(27)15-17-28(26)21-24(16-18-30)29(19-22-9-4-2-5-10-22)20-23-11-6-3-7-12-23/h2-15,17,24,30H,16,18-21H2,1H3/t24-/m0/s1. The van der Waals surface area contributed by atoms with Crippen molar-refractivity contribution in [1.29, 1.82) is 0 Å². The van der Waals surface area contributed by atoms with Gasteiger partial charge in [0.25, 0.3) is 0 Å². The molecule has 1 aromatic heterocycles. The van der Waals surface area contributed by atoms with Gasteiger partial charge >= 0.3 is 0 Å². The molecule has 1 N–H and O–H groups in total. The SMILES string of the molecule is COc1cccc2c1ccn2C[C@H](CCO)N(Cc1ccccc1)Cc1ccccc1. The quantitative estimate of drug-likeness (QED) is 0.392. The molecule has 3 aromatic carbocycles. The Hall–Kier alpha value is -3.08. The van der Waals surface area contributed by atoms with Crippen molar-refractivity contribution in [3.8, 4) is 5.75 Å². The van der Waals surface area contributed by atoms with Gasteiger partial charge in [-0.05, 0) is 35.7 Å². The molecule has 0 fully saturated rings. The lowest BCUT2D eigenvalue weighted by atomic mass is 10.1. The summed E-state index contributed by atoms with van der Waals surface area (Å²) >= 11 is 0. The summed E-state index contributed by atoms with van der Waals surface area (Å²) in [6, 6.07) is 29.6. The molecule has 31 heavy (non-hydrogen) atoms. The number of rotatable bonds is 10. The molecule has 0 amide bonds. The number of hydrogen-bond donors (Lipinski definition) is 1. The minimum absolute atomic E-state index is 0.160. The third-order valence-corrected chi connectivity index (χ3v) is 5.84. The Morgan fingerprint density at radius 3 is 2.06 bits per heavy atom. The van der Waals surface area contributed by atoms with E-state index in [1.807, 2.05) is 12.1 Å². The van der Waals surface area contributed by atoms with E-state index in [-0.39, 0.29) is 12.6 Å². The van der Waals surface area contributed by atoms with Crippen molar-refractivity contribution in [3.63, 3.8) is 0 Å². The summed E-state index contributed by atoms with van der Waals surface area (Å²) in [5.74, 6) is 0.889. The molecular weight excluding hydrogens is 384 g/mol. The van der Waals surface area contributed by atoms with Crippen molar-refractivity contribution in [2.75, 3.05) is 13.7 Å². The first-order valence-electron chi connectivity index (χ1n) is 10.8. The summed E-state index contributed by atoms with van der Waals surface area (Å²) < 4.78 is 7.81. The summed E-state index contributed by atoms with van der Waals surface area (Å²) in [5.41, 5.74) is 3.71. The second kappa shape index (κ2) is 10.3. The predicted octanol–water partition coefficient (Wildman–Crippen LogP) is 5.10. The molecule has 0 saturated carbocycles. The molecule has 1 atom stereocenters. The molecule has 4 heteroatoms. The van der Waals surface area contributed by atoms with E-state index in [4.69, 9.17) is 4.74 Å². The second-order valence-corrected chi connectivity index (χ2v) is 7.90. The minimum Gasteiger partial charge on any atom is -0.496 e. The summed E-state index contributed by atoms with van der Waals surface area (Å²) in [6.45, 7) is 2.63. The van der Waals surface area contributed by atoms with Gasteiger partial charge in [-0.1, -0.05) is 66.7 Å². The van der Waals surface area contributed by atoms with Crippen LogP contribution in [0.5, 0.6) is 5.75 Å². The smallest absolute Gasteiger partial charge is 0.128 e. The molecule has 4 aromatic rings. The Morgan fingerprint density at radius 1 is 0.839 bits per heavy atom. The Labute approximate surface area is 184 Å². The van der Waals surface area contributed by atoms with Crippen LogP contribution in [0.15, 0.2) is 91.1 Å². The van der Waals surface area contributed by atoms with E-state index >= 15 is 0 Å². The maximum Gasteiger partial charge on any atom is 0.128 e. The number of methoxy groups -OCH3 is 1. The Bertz CT molecular complexity index is 1030. The van der Waals surface area contributed by atoms with Crippen LogP contribution >= 0.6 is 0 Å². The van der Waals surface area contributed by atoms with Crippen LogP contribution in [0.2, 0.25) is 0 Å². The fourth-order valence-electron chi connectivity index (χ4n) is 4.25. The molecule has 0 radical (unpaired) electrons. The van der Waals surface area contributed by atoms with Crippen molar-refractivity contribution in [2.45, 2.75) is 32.1 Å².